The fraction of sp³-hybridized carbons (Fsp3) is 0.500. The van der Waals surface area contributed by atoms with Gasteiger partial charge >= 0.3 is 6.61 Å². The number of nitrogens with one attached hydrogen (secondary N) is 2. The minimum absolute atomic E-state index is 0. The highest BCUT2D eigenvalue weighted by Crippen LogP contribution is 2.24. The zero-order valence-corrected chi connectivity index (χ0v) is 20.1. The maximum atomic E-state index is 14.1. The lowest BCUT2D eigenvalue weighted by Crippen LogP contribution is -2.43. The Hall–Kier alpha value is -1.98. The highest BCUT2D eigenvalue weighted by Gasteiger charge is 2.16. The van der Waals surface area contributed by atoms with E-state index in [0.717, 1.165) is 23.4 Å². The number of benzene rings is 1. The van der Waals surface area contributed by atoms with E-state index in [9.17, 15) is 13.2 Å². The number of nitrogens with zero attached hydrogens (tertiary/aromatic N) is 3. The van der Waals surface area contributed by atoms with Gasteiger partial charge in [-0.15, -0.1) is 24.0 Å². The van der Waals surface area contributed by atoms with Crippen molar-refractivity contribution in [2.45, 2.75) is 53.3 Å². The first-order valence-electron chi connectivity index (χ1n) is 9.49. The molecule has 2 aromatic rings. The van der Waals surface area contributed by atoms with Gasteiger partial charge in [0.05, 0.1) is 17.8 Å². The van der Waals surface area contributed by atoms with Crippen LogP contribution in [0.15, 0.2) is 23.2 Å². The Labute approximate surface area is 192 Å². The van der Waals surface area contributed by atoms with Crippen LogP contribution >= 0.6 is 24.0 Å². The van der Waals surface area contributed by atoms with Crippen LogP contribution in [-0.4, -0.2) is 34.9 Å². The number of aryl methyl sites for hydroxylation is 2. The summed E-state index contributed by atoms with van der Waals surface area (Å²) in [5, 5.41) is 10.8. The summed E-state index contributed by atoms with van der Waals surface area (Å²) in [6.07, 6.45) is 0.732. The maximum absolute atomic E-state index is 14.1. The monoisotopic (exact) mass is 539 g/mol. The van der Waals surface area contributed by atoms with Crippen LogP contribution < -0.4 is 15.4 Å². The molecule has 1 aromatic carbocycles. The molecule has 2 rings (SSSR count). The highest BCUT2D eigenvalue weighted by atomic mass is 127. The topological polar surface area (TPSA) is 63.5 Å². The molecule has 0 spiro atoms. The van der Waals surface area contributed by atoms with Crippen LogP contribution in [0.5, 0.6) is 5.75 Å². The SMILES string of the molecule is CCNC(=NCc1c(F)cccc1OC(F)F)NC(C)Cc1c(C)nn(C)c1C.I. The predicted octanol–water partition coefficient (Wildman–Crippen LogP) is 4.08. The number of guanidine groups is 1. The molecular weight excluding hydrogens is 510 g/mol. The van der Waals surface area contributed by atoms with Crippen molar-refractivity contribution in [1.29, 1.82) is 0 Å². The molecule has 0 amide bonds. The van der Waals surface area contributed by atoms with Gasteiger partial charge in [0.2, 0.25) is 0 Å². The first kappa shape index (κ1) is 26.1. The minimum Gasteiger partial charge on any atom is -0.434 e. The summed E-state index contributed by atoms with van der Waals surface area (Å²) in [5.41, 5.74) is 3.21. The molecule has 0 saturated carbocycles. The van der Waals surface area contributed by atoms with Crippen molar-refractivity contribution in [2.75, 3.05) is 6.54 Å². The molecule has 0 bridgehead atoms. The smallest absolute Gasteiger partial charge is 0.387 e. The van der Waals surface area contributed by atoms with Crippen molar-refractivity contribution in [3.05, 3.63) is 46.5 Å². The van der Waals surface area contributed by atoms with Crippen LogP contribution in [0, 0.1) is 19.7 Å². The number of halogens is 4. The summed E-state index contributed by atoms with van der Waals surface area (Å²) in [4.78, 5) is 4.35. The van der Waals surface area contributed by atoms with Gasteiger partial charge in [0.15, 0.2) is 5.96 Å². The third kappa shape index (κ3) is 7.06. The van der Waals surface area contributed by atoms with E-state index in [4.69, 9.17) is 0 Å². The number of aliphatic imine (C=N–C) groups is 1. The zero-order valence-electron chi connectivity index (χ0n) is 17.8. The molecule has 2 N–H and O–H groups in total. The number of hydrogen-bond donors (Lipinski definition) is 2. The molecule has 10 heteroatoms. The second-order valence-electron chi connectivity index (χ2n) is 6.81. The molecule has 0 aliphatic carbocycles. The van der Waals surface area contributed by atoms with Crippen molar-refractivity contribution in [2.24, 2.45) is 12.0 Å². The molecular formula is C20H29F3IN5O. The van der Waals surface area contributed by atoms with Gasteiger partial charge < -0.3 is 15.4 Å². The second-order valence-corrected chi connectivity index (χ2v) is 6.81. The number of hydrogen-bond acceptors (Lipinski definition) is 3. The van der Waals surface area contributed by atoms with Crippen LogP contribution in [0.3, 0.4) is 0 Å². The van der Waals surface area contributed by atoms with Gasteiger partial charge in [0.25, 0.3) is 0 Å². The molecule has 0 radical (unpaired) electrons. The fourth-order valence-corrected chi connectivity index (χ4v) is 3.08. The highest BCUT2D eigenvalue weighted by molar-refractivity contribution is 14.0. The first-order chi connectivity index (χ1) is 13.7. The average molecular weight is 539 g/mol. The molecule has 168 valence electrons. The maximum Gasteiger partial charge on any atom is 0.387 e. The van der Waals surface area contributed by atoms with Gasteiger partial charge in [-0.1, -0.05) is 6.07 Å². The predicted molar refractivity (Wildman–Crippen MR) is 122 cm³/mol. The zero-order chi connectivity index (χ0) is 21.6. The van der Waals surface area contributed by atoms with E-state index in [1.165, 1.54) is 18.2 Å². The molecule has 30 heavy (non-hydrogen) atoms. The van der Waals surface area contributed by atoms with E-state index in [0.29, 0.717) is 12.5 Å². The lowest BCUT2D eigenvalue weighted by Gasteiger charge is -2.18. The number of alkyl halides is 2. The first-order valence-corrected chi connectivity index (χ1v) is 9.49. The van der Waals surface area contributed by atoms with E-state index >= 15 is 0 Å². The largest absolute Gasteiger partial charge is 0.434 e. The summed E-state index contributed by atoms with van der Waals surface area (Å²) in [7, 11) is 1.91. The number of aromatic nitrogens is 2. The minimum atomic E-state index is -3.03. The van der Waals surface area contributed by atoms with Gasteiger partial charge in [-0.3, -0.25) is 4.68 Å². The van der Waals surface area contributed by atoms with Crippen LogP contribution in [-0.2, 0) is 20.0 Å². The fourth-order valence-electron chi connectivity index (χ4n) is 3.08. The Balaban J connectivity index is 0.00000450. The number of rotatable bonds is 8. The van der Waals surface area contributed by atoms with Crippen LogP contribution in [0.4, 0.5) is 13.2 Å². The van der Waals surface area contributed by atoms with Gasteiger partial charge in [-0.2, -0.15) is 13.9 Å². The third-order valence-electron chi connectivity index (χ3n) is 4.58. The average Bonchev–Trinajstić information content (AvgIpc) is 2.87. The number of ether oxygens (including phenoxy) is 1. The lowest BCUT2D eigenvalue weighted by atomic mass is 10.1. The molecule has 0 aliphatic heterocycles. The normalized spacial score (nSPS) is 12.5. The van der Waals surface area contributed by atoms with Crippen molar-refractivity contribution in [3.63, 3.8) is 0 Å². The van der Waals surface area contributed by atoms with Crippen molar-refractivity contribution < 1.29 is 17.9 Å². The molecule has 0 aliphatic rings. The van der Waals surface area contributed by atoms with Gasteiger partial charge in [0.1, 0.15) is 11.6 Å². The van der Waals surface area contributed by atoms with E-state index in [1.54, 1.807) is 0 Å². The summed E-state index contributed by atoms with van der Waals surface area (Å²) < 4.78 is 45.6. The Morgan fingerprint density at radius 1 is 1.27 bits per heavy atom. The Morgan fingerprint density at radius 2 is 1.97 bits per heavy atom. The summed E-state index contributed by atoms with van der Waals surface area (Å²) in [6, 6.07) is 3.84. The lowest BCUT2D eigenvalue weighted by molar-refractivity contribution is -0.0506. The van der Waals surface area contributed by atoms with E-state index in [2.05, 4.69) is 25.5 Å². The standard InChI is InChI=1S/C20H28F3N5O.HI/c1-6-24-20(26-12(2)10-15-13(3)27-28(5)14(15)4)25-11-16-17(21)8-7-9-18(16)29-19(22)23;/h7-9,12,19H,6,10-11H2,1-5H3,(H2,24,25,26);1H. The molecule has 1 unspecified atom stereocenters. The Bertz CT molecular complexity index is 857. The second kappa shape index (κ2) is 12.0. The van der Waals surface area contributed by atoms with Crippen molar-refractivity contribution in [3.8, 4) is 5.75 Å². The van der Waals surface area contributed by atoms with Gasteiger partial charge in [-0.25, -0.2) is 9.38 Å². The summed E-state index contributed by atoms with van der Waals surface area (Å²) >= 11 is 0. The molecule has 0 fully saturated rings. The van der Waals surface area contributed by atoms with Crippen LogP contribution in [0.25, 0.3) is 0 Å². The molecule has 6 nitrogen and oxygen atoms in total. The summed E-state index contributed by atoms with van der Waals surface area (Å²) in [5.74, 6) is -0.392. The third-order valence-corrected chi connectivity index (χ3v) is 4.58. The van der Waals surface area contributed by atoms with Gasteiger partial charge in [0, 0.05) is 25.3 Å². The van der Waals surface area contributed by atoms with Crippen LogP contribution in [0.1, 0.15) is 36.4 Å². The molecule has 1 heterocycles. The van der Waals surface area contributed by atoms with Crippen molar-refractivity contribution in [1.82, 2.24) is 20.4 Å². The van der Waals surface area contributed by atoms with Crippen LogP contribution in [0.2, 0.25) is 0 Å². The van der Waals surface area contributed by atoms with E-state index in [-0.39, 0.29) is 47.9 Å². The molecule has 1 atom stereocenters. The quantitative estimate of drug-likeness (QED) is 0.302. The van der Waals surface area contributed by atoms with Gasteiger partial charge in [-0.05, 0) is 51.8 Å². The van der Waals surface area contributed by atoms with E-state index in [1.807, 2.05) is 39.4 Å². The Morgan fingerprint density at radius 3 is 2.53 bits per heavy atom. The molecule has 0 saturated heterocycles. The van der Waals surface area contributed by atoms with E-state index < -0.39 is 12.4 Å². The Kier molecular flexibility index (Phi) is 10.4. The summed E-state index contributed by atoms with van der Waals surface area (Å²) in [6.45, 7) is 5.33. The molecule has 1 aromatic heterocycles. The van der Waals surface area contributed by atoms with Crippen molar-refractivity contribution >= 4 is 29.9 Å².